The van der Waals surface area contributed by atoms with E-state index in [2.05, 4.69) is 26.0 Å². The molecule has 0 aliphatic heterocycles. The Hall–Kier alpha value is -0.300. The van der Waals surface area contributed by atoms with Crippen molar-refractivity contribution in [3.05, 3.63) is 12.2 Å². The maximum absolute atomic E-state index is 9.24. The third-order valence-electron chi connectivity index (χ3n) is 3.31. The molecule has 0 aromatic heterocycles. The number of hydrogen-bond acceptors (Lipinski definition) is 1. The van der Waals surface area contributed by atoms with Crippen LogP contribution in [0, 0.1) is 17.8 Å². The maximum atomic E-state index is 9.24. The van der Waals surface area contributed by atoms with Crippen LogP contribution in [0.15, 0.2) is 12.2 Å². The van der Waals surface area contributed by atoms with E-state index in [1.807, 2.05) is 0 Å². The van der Waals surface area contributed by atoms with E-state index >= 15 is 0 Å². The van der Waals surface area contributed by atoms with Gasteiger partial charge in [-0.2, -0.15) is 0 Å². The minimum absolute atomic E-state index is 0.364. The zero-order valence-corrected chi connectivity index (χ0v) is 8.87. The second kappa shape index (κ2) is 5.43. The molecular formula is C12H22O. The van der Waals surface area contributed by atoms with Crippen molar-refractivity contribution >= 4 is 0 Å². The fraction of sp³-hybridized carbons (Fsp3) is 0.833. The molecule has 0 saturated carbocycles. The van der Waals surface area contributed by atoms with Crippen molar-refractivity contribution in [1.82, 2.24) is 0 Å². The first kappa shape index (κ1) is 10.8. The molecule has 1 N–H and O–H groups in total. The van der Waals surface area contributed by atoms with E-state index in [1.165, 1.54) is 19.3 Å². The van der Waals surface area contributed by atoms with Gasteiger partial charge in [-0.15, -0.1) is 0 Å². The summed E-state index contributed by atoms with van der Waals surface area (Å²) >= 11 is 0. The summed E-state index contributed by atoms with van der Waals surface area (Å²) in [5.74, 6) is 1.96. The largest absolute Gasteiger partial charge is 0.396 e. The van der Waals surface area contributed by atoms with Gasteiger partial charge in [-0.25, -0.2) is 0 Å². The molecule has 0 amide bonds. The van der Waals surface area contributed by atoms with Gasteiger partial charge in [-0.05, 0) is 30.6 Å². The summed E-state index contributed by atoms with van der Waals surface area (Å²) in [6.07, 6.45) is 9.45. The second-order valence-electron chi connectivity index (χ2n) is 4.13. The molecule has 1 aliphatic carbocycles. The van der Waals surface area contributed by atoms with Crippen LogP contribution < -0.4 is 0 Å². The molecule has 0 aromatic rings. The van der Waals surface area contributed by atoms with Crippen molar-refractivity contribution in [2.75, 3.05) is 6.61 Å². The van der Waals surface area contributed by atoms with E-state index in [9.17, 15) is 5.11 Å². The topological polar surface area (TPSA) is 20.2 Å². The molecule has 1 rings (SSSR count). The smallest absolute Gasteiger partial charge is 0.0465 e. The lowest BCUT2D eigenvalue weighted by atomic mass is 9.73. The lowest BCUT2D eigenvalue weighted by Crippen LogP contribution is -2.27. The number of hydrogen-bond donors (Lipinski definition) is 1. The predicted octanol–water partition coefficient (Wildman–Crippen LogP) is 3.00. The molecule has 0 aromatic carbocycles. The highest BCUT2D eigenvalue weighted by Gasteiger charge is 2.27. The van der Waals surface area contributed by atoms with Gasteiger partial charge in [-0.1, -0.05) is 38.8 Å². The first-order valence-electron chi connectivity index (χ1n) is 5.61. The molecule has 0 radical (unpaired) electrons. The van der Waals surface area contributed by atoms with Gasteiger partial charge in [-0.3, -0.25) is 0 Å². The third-order valence-corrected chi connectivity index (χ3v) is 3.31. The third kappa shape index (κ3) is 2.57. The molecule has 1 nitrogen and oxygen atoms in total. The summed E-state index contributed by atoms with van der Waals surface area (Å²) in [5, 5.41) is 9.24. The van der Waals surface area contributed by atoms with Crippen LogP contribution >= 0.6 is 0 Å². The number of aliphatic hydroxyl groups excluding tert-OH is 1. The van der Waals surface area contributed by atoms with E-state index in [1.54, 1.807) is 0 Å². The number of allylic oxidation sites excluding steroid dienone is 2. The molecule has 0 heterocycles. The Balaban J connectivity index is 2.60. The van der Waals surface area contributed by atoms with E-state index in [-0.39, 0.29) is 0 Å². The Morgan fingerprint density at radius 3 is 2.69 bits per heavy atom. The fourth-order valence-corrected chi connectivity index (χ4v) is 2.58. The summed E-state index contributed by atoms with van der Waals surface area (Å²) in [6.45, 7) is 4.85. The lowest BCUT2D eigenvalue weighted by molar-refractivity contribution is 0.136. The Bertz CT molecular complexity index is 163. The highest BCUT2D eigenvalue weighted by atomic mass is 16.3. The van der Waals surface area contributed by atoms with E-state index in [4.69, 9.17) is 0 Å². The minimum Gasteiger partial charge on any atom is -0.396 e. The Labute approximate surface area is 81.9 Å². The van der Waals surface area contributed by atoms with Crippen LogP contribution in [0.4, 0.5) is 0 Å². The zero-order chi connectivity index (χ0) is 9.68. The first-order valence-corrected chi connectivity index (χ1v) is 5.61. The van der Waals surface area contributed by atoms with Gasteiger partial charge in [0.25, 0.3) is 0 Å². The van der Waals surface area contributed by atoms with Crippen LogP contribution in [0.5, 0.6) is 0 Å². The first-order chi connectivity index (χ1) is 6.33. The van der Waals surface area contributed by atoms with Crippen molar-refractivity contribution in [3.63, 3.8) is 0 Å². The Morgan fingerprint density at radius 1 is 1.38 bits per heavy atom. The molecule has 13 heavy (non-hydrogen) atoms. The van der Waals surface area contributed by atoms with E-state index in [0.29, 0.717) is 12.5 Å². The quantitative estimate of drug-likeness (QED) is 0.663. The highest BCUT2D eigenvalue weighted by Crippen LogP contribution is 2.34. The van der Waals surface area contributed by atoms with Crippen LogP contribution in [-0.2, 0) is 0 Å². The molecule has 3 atom stereocenters. The van der Waals surface area contributed by atoms with Crippen molar-refractivity contribution in [2.24, 2.45) is 17.8 Å². The summed E-state index contributed by atoms with van der Waals surface area (Å²) in [7, 11) is 0. The standard InChI is InChI=1S/C12H22O/c1-3-6-10-7-5-8-11(9-13)12(10)4-2/h5,7,10-13H,3-4,6,8-9H2,1-2H3. The molecule has 1 aliphatic rings. The van der Waals surface area contributed by atoms with Crippen molar-refractivity contribution in [2.45, 2.75) is 39.5 Å². The predicted molar refractivity (Wildman–Crippen MR) is 56.5 cm³/mol. The van der Waals surface area contributed by atoms with Crippen molar-refractivity contribution in [1.29, 1.82) is 0 Å². The maximum Gasteiger partial charge on any atom is 0.0465 e. The average molecular weight is 182 g/mol. The average Bonchev–Trinajstić information content (AvgIpc) is 2.18. The highest BCUT2D eigenvalue weighted by molar-refractivity contribution is 4.99. The normalized spacial score (nSPS) is 33.6. The monoisotopic (exact) mass is 182 g/mol. The Morgan fingerprint density at radius 2 is 2.15 bits per heavy atom. The molecule has 0 fully saturated rings. The van der Waals surface area contributed by atoms with Gasteiger partial charge < -0.3 is 5.11 Å². The van der Waals surface area contributed by atoms with Gasteiger partial charge in [0.05, 0.1) is 0 Å². The summed E-state index contributed by atoms with van der Waals surface area (Å²) < 4.78 is 0. The van der Waals surface area contributed by atoms with Crippen LogP contribution in [0.25, 0.3) is 0 Å². The van der Waals surface area contributed by atoms with Gasteiger partial charge in [0.2, 0.25) is 0 Å². The molecule has 1 heteroatoms. The van der Waals surface area contributed by atoms with Crippen molar-refractivity contribution in [3.8, 4) is 0 Å². The SMILES string of the molecule is CCCC1C=CCC(CO)C1CC. The molecule has 0 spiro atoms. The zero-order valence-electron chi connectivity index (χ0n) is 8.87. The minimum atomic E-state index is 0.364. The second-order valence-corrected chi connectivity index (χ2v) is 4.13. The molecular weight excluding hydrogens is 160 g/mol. The van der Waals surface area contributed by atoms with Crippen LogP contribution in [0.1, 0.15) is 39.5 Å². The van der Waals surface area contributed by atoms with Crippen LogP contribution in [-0.4, -0.2) is 11.7 Å². The van der Waals surface area contributed by atoms with Gasteiger partial charge in [0.15, 0.2) is 0 Å². The van der Waals surface area contributed by atoms with Gasteiger partial charge in [0, 0.05) is 6.61 Å². The summed E-state index contributed by atoms with van der Waals surface area (Å²) in [5.41, 5.74) is 0. The van der Waals surface area contributed by atoms with Gasteiger partial charge >= 0.3 is 0 Å². The lowest BCUT2D eigenvalue weighted by Gasteiger charge is -2.33. The molecule has 76 valence electrons. The number of aliphatic hydroxyl groups is 1. The molecule has 3 unspecified atom stereocenters. The summed E-state index contributed by atoms with van der Waals surface area (Å²) in [4.78, 5) is 0. The van der Waals surface area contributed by atoms with Gasteiger partial charge in [0.1, 0.15) is 0 Å². The van der Waals surface area contributed by atoms with E-state index in [0.717, 1.165) is 18.3 Å². The van der Waals surface area contributed by atoms with Crippen LogP contribution in [0.3, 0.4) is 0 Å². The number of rotatable bonds is 4. The fourth-order valence-electron chi connectivity index (χ4n) is 2.58. The van der Waals surface area contributed by atoms with Crippen LogP contribution in [0.2, 0.25) is 0 Å². The van der Waals surface area contributed by atoms with E-state index < -0.39 is 0 Å². The summed E-state index contributed by atoms with van der Waals surface area (Å²) in [6, 6.07) is 0. The van der Waals surface area contributed by atoms with Crippen molar-refractivity contribution < 1.29 is 5.11 Å². The Kier molecular flexibility index (Phi) is 4.51. The molecule has 0 saturated heterocycles. The molecule has 0 bridgehead atoms.